The fraction of sp³-hybridized carbons (Fsp3) is 0.538. The molecule has 2 saturated heterocycles. The van der Waals surface area contributed by atoms with Crippen LogP contribution in [-0.2, 0) is 9.47 Å². The molecule has 5 heterocycles. The summed E-state index contributed by atoms with van der Waals surface area (Å²) in [5.74, 6) is 0.999. The van der Waals surface area contributed by atoms with Crippen LogP contribution in [0, 0.1) is 16.4 Å². The van der Waals surface area contributed by atoms with Gasteiger partial charge in [-0.15, -0.1) is 0 Å². The molecule has 12 heteroatoms. The van der Waals surface area contributed by atoms with Gasteiger partial charge in [-0.25, -0.2) is 23.8 Å². The molecule has 1 N–H and O–H groups in total. The third-order valence-corrected chi connectivity index (χ3v) is 8.00. The average Bonchev–Trinajstić information content (AvgIpc) is 3.26. The molecule has 3 aromatic rings. The summed E-state index contributed by atoms with van der Waals surface area (Å²) in [6.45, 7) is 9.34. The number of aromatic nitrogens is 4. The predicted octanol–water partition coefficient (Wildman–Crippen LogP) is 4.79. The zero-order valence-corrected chi connectivity index (χ0v) is 23.9. The first kappa shape index (κ1) is 25.5. The molecule has 1 aromatic carbocycles. The maximum atomic E-state index is 14.2. The molecule has 38 heavy (non-hydrogen) atoms. The van der Waals surface area contributed by atoms with Gasteiger partial charge in [0.2, 0.25) is 0 Å². The maximum Gasteiger partial charge on any atom is 0.408 e. The number of nitrogens with zero attached hydrogens (tertiary/aromatic N) is 5. The van der Waals surface area contributed by atoms with Crippen molar-refractivity contribution >= 4 is 45.7 Å². The molecule has 2 aromatic heterocycles. The second-order valence-corrected chi connectivity index (χ2v) is 12.1. The van der Waals surface area contributed by atoms with Gasteiger partial charge in [0.1, 0.15) is 34.3 Å². The first-order chi connectivity index (χ1) is 18.0. The number of fused-ring (bicyclic) bond motifs is 2. The van der Waals surface area contributed by atoms with Crippen molar-refractivity contribution in [3.05, 3.63) is 39.0 Å². The van der Waals surface area contributed by atoms with Crippen LogP contribution >= 0.6 is 22.6 Å². The fourth-order valence-corrected chi connectivity index (χ4v) is 6.02. The highest BCUT2D eigenvalue weighted by atomic mass is 127. The molecule has 1 spiro atoms. The lowest BCUT2D eigenvalue weighted by atomic mass is 9.82. The van der Waals surface area contributed by atoms with Gasteiger partial charge in [0.15, 0.2) is 21.4 Å². The Morgan fingerprint density at radius 2 is 2.00 bits per heavy atom. The maximum absolute atomic E-state index is 14.2. The largest absolute Gasteiger partial charge is 0.484 e. The molecule has 3 aliphatic heterocycles. The molecule has 202 valence electrons. The van der Waals surface area contributed by atoms with E-state index in [2.05, 4.69) is 37.9 Å². The van der Waals surface area contributed by atoms with Crippen molar-refractivity contribution in [1.82, 2.24) is 25.1 Å². The minimum absolute atomic E-state index is 0.110. The number of piperidine rings is 1. The number of carbonyl (C=O) groups excluding carboxylic acids is 1. The molecule has 2 atom stereocenters. The first-order valence-corrected chi connectivity index (χ1v) is 13.9. The zero-order valence-electron chi connectivity index (χ0n) is 21.8. The van der Waals surface area contributed by atoms with Crippen molar-refractivity contribution in [2.45, 2.75) is 70.4 Å². The highest BCUT2D eigenvalue weighted by molar-refractivity contribution is 14.1. The normalized spacial score (nSPS) is 22.2. The van der Waals surface area contributed by atoms with Crippen LogP contribution in [0.5, 0.6) is 5.75 Å². The smallest absolute Gasteiger partial charge is 0.408 e. The third kappa shape index (κ3) is 4.44. The summed E-state index contributed by atoms with van der Waals surface area (Å²) in [6, 6.07) is 3.90. The van der Waals surface area contributed by atoms with E-state index in [-0.39, 0.29) is 12.0 Å². The number of benzene rings is 1. The first-order valence-electron chi connectivity index (χ1n) is 12.8. The number of ether oxygens (including phenoxy) is 3. The van der Waals surface area contributed by atoms with Crippen molar-refractivity contribution < 1.29 is 23.4 Å². The highest BCUT2D eigenvalue weighted by Gasteiger charge is 2.51. The summed E-state index contributed by atoms with van der Waals surface area (Å²) in [7, 11) is 0. The number of anilines is 1. The summed E-state index contributed by atoms with van der Waals surface area (Å²) in [5.41, 5.74) is 1.54. The van der Waals surface area contributed by atoms with E-state index in [0.717, 1.165) is 27.1 Å². The van der Waals surface area contributed by atoms with Crippen molar-refractivity contribution in [2.24, 2.45) is 0 Å². The summed E-state index contributed by atoms with van der Waals surface area (Å²) < 4.78 is 34.5. The van der Waals surface area contributed by atoms with Crippen molar-refractivity contribution in [2.75, 3.05) is 24.6 Å². The average molecular weight is 636 g/mol. The summed E-state index contributed by atoms with van der Waals surface area (Å²) in [5, 5.41) is 7.60. The lowest BCUT2D eigenvalue weighted by Crippen LogP contribution is -2.54. The minimum Gasteiger partial charge on any atom is -0.484 e. The summed E-state index contributed by atoms with van der Waals surface area (Å²) in [4.78, 5) is 24.8. The third-order valence-electron chi connectivity index (χ3n) is 7.28. The Hall–Kier alpha value is -2.74. The number of hydrogen-bond acceptors (Lipinski definition) is 8. The monoisotopic (exact) mass is 636 g/mol. The lowest BCUT2D eigenvalue weighted by molar-refractivity contribution is -0.104. The van der Waals surface area contributed by atoms with E-state index in [1.807, 2.05) is 32.4 Å². The SMILES string of the molecule is Cc1nc2c(I)nn(C3CCO3)c2nc1N1CCC2(CC1)Oc1ccc(F)cc1[C@H]2NC(=O)OC(C)(C)C. The van der Waals surface area contributed by atoms with Gasteiger partial charge < -0.3 is 24.4 Å². The van der Waals surface area contributed by atoms with E-state index in [0.29, 0.717) is 49.5 Å². The number of carbonyl (C=O) groups is 1. The van der Waals surface area contributed by atoms with Crippen LogP contribution in [0.15, 0.2) is 18.2 Å². The molecule has 0 bridgehead atoms. The van der Waals surface area contributed by atoms with Gasteiger partial charge in [-0.2, -0.15) is 5.10 Å². The Labute approximate surface area is 233 Å². The Morgan fingerprint density at radius 1 is 1.26 bits per heavy atom. The number of nitrogens with one attached hydrogen (secondary N) is 1. The molecule has 1 amide bonds. The molecule has 3 aliphatic rings. The van der Waals surface area contributed by atoms with E-state index >= 15 is 0 Å². The topological polar surface area (TPSA) is 104 Å². The Balaban J connectivity index is 1.27. The molecule has 6 rings (SSSR count). The zero-order chi connectivity index (χ0) is 26.8. The summed E-state index contributed by atoms with van der Waals surface area (Å²) in [6.07, 6.45) is 1.41. The number of amides is 1. The fourth-order valence-electron chi connectivity index (χ4n) is 5.43. The van der Waals surface area contributed by atoms with E-state index in [9.17, 15) is 9.18 Å². The molecule has 2 fully saturated rings. The van der Waals surface area contributed by atoms with Crippen LogP contribution in [0.25, 0.3) is 11.2 Å². The quantitative estimate of drug-likeness (QED) is 0.410. The molecule has 0 radical (unpaired) electrons. The molecule has 0 aliphatic carbocycles. The summed E-state index contributed by atoms with van der Waals surface area (Å²) >= 11 is 2.19. The Bertz CT molecular complexity index is 1410. The van der Waals surface area contributed by atoms with Gasteiger partial charge in [-0.05, 0) is 68.5 Å². The molecule has 1 unspecified atom stereocenters. The second-order valence-electron chi connectivity index (χ2n) is 11.1. The van der Waals surface area contributed by atoms with Crippen molar-refractivity contribution in [1.29, 1.82) is 0 Å². The predicted molar refractivity (Wildman–Crippen MR) is 146 cm³/mol. The van der Waals surface area contributed by atoms with Crippen LogP contribution in [0.4, 0.5) is 15.0 Å². The number of aryl methyl sites for hydroxylation is 1. The molecule has 10 nitrogen and oxygen atoms in total. The molecular formula is C26H30FIN6O4. The number of halogens is 2. The molecular weight excluding hydrogens is 606 g/mol. The lowest BCUT2D eigenvalue weighted by Gasteiger charge is -2.42. The van der Waals surface area contributed by atoms with Crippen LogP contribution < -0.4 is 15.0 Å². The second kappa shape index (κ2) is 9.18. The Kier molecular flexibility index (Phi) is 6.17. The highest BCUT2D eigenvalue weighted by Crippen LogP contribution is 2.49. The number of hydrogen-bond donors (Lipinski definition) is 1. The van der Waals surface area contributed by atoms with Gasteiger partial charge in [-0.1, -0.05) is 0 Å². The van der Waals surface area contributed by atoms with E-state index in [1.54, 1.807) is 6.07 Å². The molecule has 0 saturated carbocycles. The van der Waals surface area contributed by atoms with Crippen molar-refractivity contribution in [3.63, 3.8) is 0 Å². The van der Waals surface area contributed by atoms with Gasteiger partial charge >= 0.3 is 6.09 Å². The van der Waals surface area contributed by atoms with Crippen LogP contribution in [0.1, 0.15) is 63.6 Å². The van der Waals surface area contributed by atoms with Crippen LogP contribution in [0.2, 0.25) is 0 Å². The number of alkyl carbamates (subject to hydrolysis) is 1. The Morgan fingerprint density at radius 3 is 2.66 bits per heavy atom. The minimum atomic E-state index is -0.730. The van der Waals surface area contributed by atoms with E-state index < -0.39 is 23.3 Å². The van der Waals surface area contributed by atoms with Gasteiger partial charge in [-0.3, -0.25) is 0 Å². The van der Waals surface area contributed by atoms with Crippen LogP contribution in [-0.4, -0.2) is 56.7 Å². The van der Waals surface area contributed by atoms with Gasteiger partial charge in [0.25, 0.3) is 0 Å². The van der Waals surface area contributed by atoms with Crippen LogP contribution in [0.3, 0.4) is 0 Å². The van der Waals surface area contributed by atoms with Gasteiger partial charge in [0, 0.05) is 37.9 Å². The van der Waals surface area contributed by atoms with E-state index in [4.69, 9.17) is 24.2 Å². The van der Waals surface area contributed by atoms with Crippen molar-refractivity contribution in [3.8, 4) is 5.75 Å². The van der Waals surface area contributed by atoms with E-state index in [1.165, 1.54) is 12.1 Å². The van der Waals surface area contributed by atoms with Gasteiger partial charge in [0.05, 0.1) is 12.3 Å². The standard InChI is InChI=1S/C26H30FIN6O4/c1-14-22(31-23-19(29-14)21(28)32-34(23)18-7-12-36-18)33-10-8-26(9-11-33)20(30-24(35)38-25(2,3)4)16-13-15(27)5-6-17(16)37-26/h5-6,13,18,20H,7-12H2,1-4H3,(H,30,35)/t18?,20-/m1/s1. The number of rotatable bonds is 3.